The number of halogens is 2. The highest BCUT2D eigenvalue weighted by atomic mass is 35.5. The summed E-state index contributed by atoms with van der Waals surface area (Å²) in [6.45, 7) is 6.28. The van der Waals surface area contributed by atoms with Crippen molar-refractivity contribution < 1.29 is 9.84 Å². The maximum atomic E-state index is 8.63. The molecule has 0 bridgehead atoms. The number of hydrogen-bond acceptors (Lipinski definition) is 2. The quantitative estimate of drug-likeness (QED) is 0.696. The predicted molar refractivity (Wildman–Crippen MR) is 61.2 cm³/mol. The Labute approximate surface area is 96.5 Å². The van der Waals surface area contributed by atoms with Gasteiger partial charge in [-0.15, -0.1) is 23.2 Å². The van der Waals surface area contributed by atoms with Gasteiger partial charge in [-0.1, -0.05) is 0 Å². The Bertz CT molecular complexity index is 140. The SMILES string of the molecule is CC(Cl)CC(C(C)Cl)C(C)OCCO. The molecule has 0 aromatic heterocycles. The summed E-state index contributed by atoms with van der Waals surface area (Å²) in [7, 11) is 0. The van der Waals surface area contributed by atoms with Crippen molar-refractivity contribution in [1.82, 2.24) is 0 Å². The number of aliphatic hydroxyl groups is 1. The van der Waals surface area contributed by atoms with Gasteiger partial charge in [0.25, 0.3) is 0 Å². The normalized spacial score (nSPS) is 20.1. The van der Waals surface area contributed by atoms with Gasteiger partial charge in [0.1, 0.15) is 0 Å². The molecule has 14 heavy (non-hydrogen) atoms. The number of aliphatic hydroxyl groups excluding tert-OH is 1. The third-order valence-electron chi connectivity index (χ3n) is 2.26. The lowest BCUT2D eigenvalue weighted by Crippen LogP contribution is -2.30. The molecule has 2 nitrogen and oxygen atoms in total. The molecule has 0 aliphatic heterocycles. The first-order valence-electron chi connectivity index (χ1n) is 4.99. The average Bonchev–Trinajstić information content (AvgIpc) is 2.09. The van der Waals surface area contributed by atoms with Crippen molar-refractivity contribution in [3.8, 4) is 0 Å². The lowest BCUT2D eigenvalue weighted by atomic mass is 9.94. The van der Waals surface area contributed by atoms with Crippen LogP contribution in [0.1, 0.15) is 27.2 Å². The minimum absolute atomic E-state index is 0.0323. The van der Waals surface area contributed by atoms with Gasteiger partial charge in [-0.05, 0) is 27.2 Å². The van der Waals surface area contributed by atoms with E-state index in [0.717, 1.165) is 6.42 Å². The molecule has 0 heterocycles. The first kappa shape index (κ1) is 14.5. The Balaban J connectivity index is 4.04. The van der Waals surface area contributed by atoms with Crippen LogP contribution < -0.4 is 0 Å². The van der Waals surface area contributed by atoms with E-state index >= 15 is 0 Å². The minimum atomic E-state index is 0.0323. The predicted octanol–water partition coefficient (Wildman–Crippen LogP) is 2.64. The monoisotopic (exact) mass is 242 g/mol. The van der Waals surface area contributed by atoms with Crippen LogP contribution in [-0.2, 0) is 4.74 Å². The zero-order valence-corrected chi connectivity index (χ0v) is 10.6. The summed E-state index contributed by atoms with van der Waals surface area (Å²) in [4.78, 5) is 0. The largest absolute Gasteiger partial charge is 0.394 e. The Morgan fingerprint density at radius 3 is 2.14 bits per heavy atom. The van der Waals surface area contributed by atoms with Gasteiger partial charge in [-0.25, -0.2) is 0 Å². The first-order valence-corrected chi connectivity index (χ1v) is 5.87. The second kappa shape index (κ2) is 7.75. The fourth-order valence-corrected chi connectivity index (χ4v) is 2.00. The molecule has 4 atom stereocenters. The van der Waals surface area contributed by atoms with Crippen molar-refractivity contribution in [3.63, 3.8) is 0 Å². The van der Waals surface area contributed by atoms with E-state index in [-0.39, 0.29) is 29.4 Å². The van der Waals surface area contributed by atoms with E-state index in [1.807, 2.05) is 20.8 Å². The first-order chi connectivity index (χ1) is 6.49. The van der Waals surface area contributed by atoms with Gasteiger partial charge >= 0.3 is 0 Å². The topological polar surface area (TPSA) is 29.5 Å². The summed E-state index contributed by atoms with van der Waals surface area (Å²) in [6.07, 6.45) is 0.870. The van der Waals surface area contributed by atoms with Crippen molar-refractivity contribution in [2.45, 2.75) is 44.1 Å². The van der Waals surface area contributed by atoms with Gasteiger partial charge in [0.2, 0.25) is 0 Å². The molecule has 0 rings (SSSR count). The molecule has 0 aliphatic carbocycles. The van der Waals surface area contributed by atoms with Gasteiger partial charge in [0, 0.05) is 16.7 Å². The fourth-order valence-electron chi connectivity index (χ4n) is 1.49. The van der Waals surface area contributed by atoms with Crippen LogP contribution in [-0.4, -0.2) is 35.2 Å². The molecule has 0 amide bonds. The lowest BCUT2D eigenvalue weighted by Gasteiger charge is -2.27. The minimum Gasteiger partial charge on any atom is -0.394 e. The fraction of sp³-hybridized carbons (Fsp3) is 1.00. The molecule has 1 N–H and O–H groups in total. The third kappa shape index (κ3) is 6.07. The zero-order valence-electron chi connectivity index (χ0n) is 9.04. The highest BCUT2D eigenvalue weighted by Crippen LogP contribution is 2.24. The van der Waals surface area contributed by atoms with Crippen LogP contribution in [0, 0.1) is 5.92 Å². The Morgan fingerprint density at radius 1 is 1.21 bits per heavy atom. The van der Waals surface area contributed by atoms with Crippen LogP contribution >= 0.6 is 23.2 Å². The number of rotatable bonds is 7. The summed E-state index contributed by atoms with van der Waals surface area (Å²) in [5.74, 6) is 0.232. The molecular formula is C10H20Cl2O2. The van der Waals surface area contributed by atoms with Crippen LogP contribution in [0.2, 0.25) is 0 Å². The molecule has 0 aromatic carbocycles. The molecule has 0 saturated heterocycles. The average molecular weight is 243 g/mol. The standard InChI is InChI=1S/C10H20Cl2O2/c1-7(11)6-10(8(2)12)9(3)14-5-4-13/h7-10,13H,4-6H2,1-3H3. The summed E-state index contributed by atoms with van der Waals surface area (Å²) in [5, 5.41) is 8.76. The maximum absolute atomic E-state index is 8.63. The van der Waals surface area contributed by atoms with Crippen LogP contribution in [0.15, 0.2) is 0 Å². The molecule has 0 aromatic rings. The summed E-state index contributed by atoms with van der Waals surface area (Å²) in [6, 6.07) is 0. The third-order valence-corrected chi connectivity index (χ3v) is 2.76. The Hall–Kier alpha value is 0.500. The Morgan fingerprint density at radius 2 is 1.79 bits per heavy atom. The van der Waals surface area contributed by atoms with E-state index in [9.17, 15) is 0 Å². The molecule has 0 fully saturated rings. The van der Waals surface area contributed by atoms with Crippen LogP contribution in [0.25, 0.3) is 0 Å². The summed E-state index contributed by atoms with van der Waals surface area (Å²) in [5.41, 5.74) is 0. The number of hydrogen-bond donors (Lipinski definition) is 1. The molecular weight excluding hydrogens is 223 g/mol. The highest BCUT2D eigenvalue weighted by molar-refractivity contribution is 6.21. The number of alkyl halides is 2. The van der Waals surface area contributed by atoms with Gasteiger partial charge in [0.15, 0.2) is 0 Å². The lowest BCUT2D eigenvalue weighted by molar-refractivity contribution is 0.00345. The maximum Gasteiger partial charge on any atom is 0.0701 e. The van der Waals surface area contributed by atoms with E-state index in [0.29, 0.717) is 6.61 Å². The molecule has 0 aliphatic rings. The molecule has 0 spiro atoms. The van der Waals surface area contributed by atoms with Gasteiger partial charge in [0.05, 0.1) is 19.3 Å². The van der Waals surface area contributed by atoms with E-state index in [2.05, 4.69) is 0 Å². The second-order valence-electron chi connectivity index (χ2n) is 3.66. The van der Waals surface area contributed by atoms with Crippen molar-refractivity contribution in [2.75, 3.05) is 13.2 Å². The molecule has 0 saturated carbocycles. The van der Waals surface area contributed by atoms with Crippen molar-refractivity contribution >= 4 is 23.2 Å². The molecule has 4 heteroatoms. The zero-order chi connectivity index (χ0) is 11.1. The molecule has 86 valence electrons. The van der Waals surface area contributed by atoms with E-state index in [1.165, 1.54) is 0 Å². The molecule has 0 radical (unpaired) electrons. The van der Waals surface area contributed by atoms with Crippen LogP contribution in [0.5, 0.6) is 0 Å². The van der Waals surface area contributed by atoms with Crippen molar-refractivity contribution in [3.05, 3.63) is 0 Å². The highest BCUT2D eigenvalue weighted by Gasteiger charge is 2.24. The van der Waals surface area contributed by atoms with E-state index < -0.39 is 0 Å². The summed E-state index contributed by atoms with van der Waals surface area (Å²) >= 11 is 12.0. The molecule has 4 unspecified atom stereocenters. The van der Waals surface area contributed by atoms with Gasteiger partial charge < -0.3 is 9.84 Å². The van der Waals surface area contributed by atoms with Crippen LogP contribution in [0.3, 0.4) is 0 Å². The smallest absolute Gasteiger partial charge is 0.0701 e. The van der Waals surface area contributed by atoms with Gasteiger partial charge in [-0.3, -0.25) is 0 Å². The Kier molecular flexibility index (Phi) is 8.02. The second-order valence-corrected chi connectivity index (χ2v) is 5.09. The van der Waals surface area contributed by atoms with Crippen molar-refractivity contribution in [1.29, 1.82) is 0 Å². The van der Waals surface area contributed by atoms with Crippen molar-refractivity contribution in [2.24, 2.45) is 5.92 Å². The van der Waals surface area contributed by atoms with Gasteiger partial charge in [-0.2, -0.15) is 0 Å². The summed E-state index contributed by atoms with van der Waals surface area (Å²) < 4.78 is 5.42. The van der Waals surface area contributed by atoms with E-state index in [1.54, 1.807) is 0 Å². The van der Waals surface area contributed by atoms with Crippen LogP contribution in [0.4, 0.5) is 0 Å². The van der Waals surface area contributed by atoms with E-state index in [4.69, 9.17) is 33.0 Å². The number of ether oxygens (including phenoxy) is 1.